The van der Waals surface area contributed by atoms with E-state index in [1.807, 2.05) is 0 Å². The molecule has 0 aromatic carbocycles. The van der Waals surface area contributed by atoms with E-state index in [1.165, 1.54) is 0 Å². The van der Waals surface area contributed by atoms with Crippen LogP contribution in [0.5, 0.6) is 0 Å². The minimum Gasteiger partial charge on any atom is -0.174 e. The van der Waals surface area contributed by atoms with Gasteiger partial charge in [-0.05, 0) is 25.0 Å². The Morgan fingerprint density at radius 2 is 1.10 bits per heavy atom. The summed E-state index contributed by atoms with van der Waals surface area (Å²) in [7, 11) is 0. The highest BCUT2D eigenvalue weighted by Gasteiger charge is 1.88. The van der Waals surface area contributed by atoms with Crippen molar-refractivity contribution in [2.75, 3.05) is 0 Å². The van der Waals surface area contributed by atoms with E-state index in [-0.39, 0.29) is 12.8 Å². The molecule has 0 aromatic heterocycles. The Labute approximate surface area is 55.8 Å². The zero-order valence-corrected chi connectivity index (χ0v) is 5.08. The zero-order chi connectivity index (χ0) is 7.98. The largest absolute Gasteiger partial charge is 0.266 e. The average molecular weight is 154 g/mol. The second-order valence-corrected chi connectivity index (χ2v) is 1.56. The third-order valence-corrected chi connectivity index (χ3v) is 0.764. The van der Waals surface area contributed by atoms with Gasteiger partial charge in [0.2, 0.25) is 0 Å². The topological polar surface area (TPSA) is 0 Å². The summed E-state index contributed by atoms with van der Waals surface area (Å²) in [5.41, 5.74) is 0. The first-order valence-corrected chi connectivity index (χ1v) is 2.65. The first-order valence-electron chi connectivity index (χ1n) is 2.65. The van der Waals surface area contributed by atoms with Crippen LogP contribution < -0.4 is 0 Å². The molecule has 0 aliphatic heterocycles. The fraction of sp³-hybridized carbons (Fsp3) is 0.333. The summed E-state index contributed by atoms with van der Waals surface area (Å²) in [6, 6.07) is 0. The third-order valence-electron chi connectivity index (χ3n) is 0.764. The Hall–Kier alpha value is -0.800. The van der Waals surface area contributed by atoms with Crippen molar-refractivity contribution in [1.82, 2.24) is 0 Å². The van der Waals surface area contributed by atoms with E-state index in [4.69, 9.17) is 0 Å². The van der Waals surface area contributed by atoms with Crippen LogP contribution in [0.2, 0.25) is 0 Å². The molecule has 58 valence electrons. The minimum absolute atomic E-state index is 0.0420. The smallest absolute Gasteiger partial charge is 0.174 e. The highest BCUT2D eigenvalue weighted by molar-refractivity contribution is 4.87. The molecule has 4 heteroatoms. The lowest BCUT2D eigenvalue weighted by Crippen LogP contribution is -1.66. The highest BCUT2D eigenvalue weighted by atomic mass is 19.3. The molecule has 0 spiro atoms. The molecule has 0 saturated heterocycles. The van der Waals surface area contributed by atoms with Crippen LogP contribution >= 0.6 is 0 Å². The lowest BCUT2D eigenvalue weighted by atomic mass is 10.3. The van der Waals surface area contributed by atoms with Gasteiger partial charge in [-0.15, -0.1) is 0 Å². The standard InChI is InChI=1S/C6H6F4/c7-5(8)3-1-2-4-6(9)10/h3-4H,1-2H2. The summed E-state index contributed by atoms with van der Waals surface area (Å²) in [6.45, 7) is 0. The van der Waals surface area contributed by atoms with Crippen LogP contribution in [0, 0.1) is 0 Å². The zero-order valence-electron chi connectivity index (χ0n) is 5.08. The van der Waals surface area contributed by atoms with Gasteiger partial charge in [-0.3, -0.25) is 0 Å². The molecule has 0 atom stereocenters. The molecular formula is C6H6F4. The van der Waals surface area contributed by atoms with E-state index >= 15 is 0 Å². The number of hydrogen-bond acceptors (Lipinski definition) is 0. The SMILES string of the molecule is FC(F)=CCCC=C(F)F. The number of unbranched alkanes of at least 4 members (excludes halogenated alkanes) is 1. The molecule has 0 fully saturated rings. The van der Waals surface area contributed by atoms with Crippen LogP contribution in [0.3, 0.4) is 0 Å². The first kappa shape index (κ1) is 9.20. The molecule has 0 nitrogen and oxygen atoms in total. The van der Waals surface area contributed by atoms with Gasteiger partial charge >= 0.3 is 0 Å². The van der Waals surface area contributed by atoms with Gasteiger partial charge in [0.05, 0.1) is 0 Å². The fourth-order valence-corrected chi connectivity index (χ4v) is 0.385. The van der Waals surface area contributed by atoms with Gasteiger partial charge in [0.15, 0.2) is 0 Å². The molecule has 0 rings (SSSR count). The van der Waals surface area contributed by atoms with Crippen LogP contribution in [0.25, 0.3) is 0 Å². The van der Waals surface area contributed by atoms with E-state index in [2.05, 4.69) is 0 Å². The van der Waals surface area contributed by atoms with Crippen LogP contribution in [0.15, 0.2) is 24.3 Å². The van der Waals surface area contributed by atoms with E-state index in [0.717, 1.165) is 0 Å². The van der Waals surface area contributed by atoms with Crippen molar-refractivity contribution in [3.8, 4) is 0 Å². The van der Waals surface area contributed by atoms with Crippen molar-refractivity contribution in [3.05, 3.63) is 24.3 Å². The molecule has 0 heterocycles. The quantitative estimate of drug-likeness (QED) is 0.432. The average Bonchev–Trinajstić information content (AvgIpc) is 1.79. The monoisotopic (exact) mass is 154 g/mol. The highest BCUT2D eigenvalue weighted by Crippen LogP contribution is 2.05. The Balaban J connectivity index is 3.39. The minimum atomic E-state index is -1.83. The van der Waals surface area contributed by atoms with Gasteiger partial charge in [0.25, 0.3) is 12.2 Å². The summed E-state index contributed by atoms with van der Waals surface area (Å²) in [6.07, 6.45) is -2.52. The van der Waals surface area contributed by atoms with Crippen molar-refractivity contribution in [2.24, 2.45) is 0 Å². The van der Waals surface area contributed by atoms with E-state index in [1.54, 1.807) is 0 Å². The summed E-state index contributed by atoms with van der Waals surface area (Å²) in [5.74, 6) is 0. The Kier molecular flexibility index (Phi) is 4.62. The van der Waals surface area contributed by atoms with Gasteiger partial charge in [0, 0.05) is 0 Å². The van der Waals surface area contributed by atoms with Crippen molar-refractivity contribution in [1.29, 1.82) is 0 Å². The Morgan fingerprint density at radius 3 is 1.30 bits per heavy atom. The first-order chi connectivity index (χ1) is 4.63. The summed E-state index contributed by atoms with van der Waals surface area (Å²) in [4.78, 5) is 0. The van der Waals surface area contributed by atoms with Gasteiger partial charge < -0.3 is 0 Å². The van der Waals surface area contributed by atoms with Gasteiger partial charge in [-0.2, -0.15) is 17.6 Å². The van der Waals surface area contributed by atoms with Crippen molar-refractivity contribution < 1.29 is 17.6 Å². The van der Waals surface area contributed by atoms with E-state index < -0.39 is 12.2 Å². The molecule has 10 heavy (non-hydrogen) atoms. The summed E-state index contributed by atoms with van der Waals surface area (Å²) in [5, 5.41) is 0. The number of halogens is 4. The van der Waals surface area contributed by atoms with E-state index in [9.17, 15) is 17.6 Å². The van der Waals surface area contributed by atoms with Crippen LogP contribution in [-0.2, 0) is 0 Å². The molecule has 0 bridgehead atoms. The molecule has 0 radical (unpaired) electrons. The molecular weight excluding hydrogens is 148 g/mol. The molecule has 0 saturated carbocycles. The Bertz CT molecular complexity index is 122. The van der Waals surface area contributed by atoms with Gasteiger partial charge in [-0.1, -0.05) is 0 Å². The molecule has 0 amide bonds. The van der Waals surface area contributed by atoms with Crippen LogP contribution in [-0.4, -0.2) is 0 Å². The number of allylic oxidation sites excluding steroid dienone is 2. The molecule has 0 N–H and O–H groups in total. The van der Waals surface area contributed by atoms with Crippen molar-refractivity contribution in [3.63, 3.8) is 0 Å². The van der Waals surface area contributed by atoms with Crippen LogP contribution in [0.1, 0.15) is 12.8 Å². The molecule has 0 aliphatic carbocycles. The predicted molar refractivity (Wildman–Crippen MR) is 29.8 cm³/mol. The predicted octanol–water partition coefficient (Wildman–Crippen LogP) is 3.33. The van der Waals surface area contributed by atoms with E-state index in [0.29, 0.717) is 12.2 Å². The van der Waals surface area contributed by atoms with Crippen molar-refractivity contribution >= 4 is 0 Å². The number of hydrogen-bond donors (Lipinski definition) is 0. The summed E-state index contributed by atoms with van der Waals surface area (Å²) >= 11 is 0. The summed E-state index contributed by atoms with van der Waals surface area (Å²) < 4.78 is 44.8. The molecule has 0 unspecified atom stereocenters. The second kappa shape index (κ2) is 5.02. The molecule has 0 aromatic rings. The maximum Gasteiger partial charge on any atom is 0.266 e. The second-order valence-electron chi connectivity index (χ2n) is 1.56. The van der Waals surface area contributed by atoms with Gasteiger partial charge in [-0.25, -0.2) is 0 Å². The fourth-order valence-electron chi connectivity index (χ4n) is 0.385. The molecule has 0 aliphatic rings. The lowest BCUT2D eigenvalue weighted by molar-refractivity contribution is 0.412. The third kappa shape index (κ3) is 7.20. The Morgan fingerprint density at radius 1 is 0.800 bits per heavy atom. The lowest BCUT2D eigenvalue weighted by Gasteiger charge is -1.83. The maximum absolute atomic E-state index is 11.2. The van der Waals surface area contributed by atoms with Gasteiger partial charge in [0.1, 0.15) is 0 Å². The van der Waals surface area contributed by atoms with Crippen LogP contribution in [0.4, 0.5) is 17.6 Å². The number of rotatable bonds is 3. The maximum atomic E-state index is 11.2. The van der Waals surface area contributed by atoms with Crippen molar-refractivity contribution in [2.45, 2.75) is 12.8 Å². The normalized spacial score (nSPS) is 8.80.